The molecule has 3 aromatic rings. The Kier molecular flexibility index (Phi) is 5.14. The number of nitrogens with zero attached hydrogens (tertiary/aromatic N) is 3. The molecule has 3 rings (SSSR count). The van der Waals surface area contributed by atoms with Crippen LogP contribution in [-0.4, -0.2) is 9.97 Å². The molecule has 1 aromatic carbocycles. The minimum atomic E-state index is 0.272. The molecular weight excluding hydrogens is 324 g/mol. The number of aryl methyl sites for hydroxylation is 2. The Morgan fingerprint density at radius 2 is 2.08 bits per heavy atom. The molecule has 0 saturated carbocycles. The Morgan fingerprint density at radius 1 is 1.23 bits per heavy atom. The quantitative estimate of drug-likeness (QED) is 0.755. The first-order valence-electron chi connectivity index (χ1n) is 8.44. The molecule has 5 heteroatoms. The highest BCUT2D eigenvalue weighted by atomic mass is 16.5. The topological polar surface area (TPSA) is 84.8 Å². The van der Waals surface area contributed by atoms with Crippen LogP contribution in [0.1, 0.15) is 29.3 Å². The van der Waals surface area contributed by atoms with Crippen molar-refractivity contribution in [1.82, 2.24) is 9.97 Å². The number of nitrogen functional groups attached to an aromatic ring is 1. The van der Waals surface area contributed by atoms with Gasteiger partial charge in [-0.25, -0.2) is 4.98 Å². The number of aromatic nitrogens is 2. The van der Waals surface area contributed by atoms with Gasteiger partial charge in [-0.2, -0.15) is 5.26 Å². The van der Waals surface area contributed by atoms with Gasteiger partial charge in [-0.05, 0) is 54.8 Å². The van der Waals surface area contributed by atoms with Gasteiger partial charge in [0.2, 0.25) is 0 Å². The molecule has 5 nitrogen and oxygen atoms in total. The number of hydrogen-bond donors (Lipinski definition) is 1. The summed E-state index contributed by atoms with van der Waals surface area (Å²) in [6.45, 7) is 4.47. The Morgan fingerprint density at radius 3 is 2.73 bits per heavy atom. The summed E-state index contributed by atoms with van der Waals surface area (Å²) in [5.74, 6) is 0.810. The fourth-order valence-corrected chi connectivity index (χ4v) is 2.75. The van der Waals surface area contributed by atoms with Crippen LogP contribution in [0.25, 0.3) is 11.3 Å². The largest absolute Gasteiger partial charge is 0.489 e. The molecule has 0 amide bonds. The van der Waals surface area contributed by atoms with Crippen molar-refractivity contribution < 1.29 is 4.74 Å². The van der Waals surface area contributed by atoms with E-state index in [2.05, 4.69) is 16.0 Å². The van der Waals surface area contributed by atoms with Gasteiger partial charge in [-0.15, -0.1) is 0 Å². The normalized spacial score (nSPS) is 10.3. The lowest BCUT2D eigenvalue weighted by Gasteiger charge is -2.12. The lowest BCUT2D eigenvalue weighted by atomic mass is 10.0. The van der Waals surface area contributed by atoms with E-state index >= 15 is 0 Å². The van der Waals surface area contributed by atoms with Gasteiger partial charge >= 0.3 is 0 Å². The zero-order valence-corrected chi connectivity index (χ0v) is 14.9. The Bertz CT molecular complexity index is 962. The van der Waals surface area contributed by atoms with E-state index in [9.17, 15) is 5.26 Å². The standard InChI is InChI=1S/C21H20N4O/c1-3-16-10-18(25-19(11-22)21(16)23)17-6-7-20(14(2)9-17)26-13-15-5-4-8-24-12-15/h4-10,12H,3,13,23H2,1-2H3. The summed E-state index contributed by atoms with van der Waals surface area (Å²) >= 11 is 0. The molecule has 0 radical (unpaired) electrons. The fraction of sp³-hybridized carbons (Fsp3) is 0.190. The monoisotopic (exact) mass is 344 g/mol. The zero-order chi connectivity index (χ0) is 18.5. The van der Waals surface area contributed by atoms with E-state index < -0.39 is 0 Å². The lowest BCUT2D eigenvalue weighted by molar-refractivity contribution is 0.303. The van der Waals surface area contributed by atoms with Gasteiger partial charge in [0.15, 0.2) is 5.69 Å². The Hall–Kier alpha value is -3.39. The van der Waals surface area contributed by atoms with Crippen molar-refractivity contribution in [2.75, 3.05) is 5.73 Å². The van der Waals surface area contributed by atoms with E-state index in [1.54, 1.807) is 12.4 Å². The van der Waals surface area contributed by atoms with Gasteiger partial charge in [0.05, 0.1) is 11.4 Å². The first-order valence-corrected chi connectivity index (χ1v) is 8.44. The van der Waals surface area contributed by atoms with Crippen molar-refractivity contribution in [3.63, 3.8) is 0 Å². The molecule has 2 heterocycles. The summed E-state index contributed by atoms with van der Waals surface area (Å²) in [5.41, 5.74) is 11.4. The second kappa shape index (κ2) is 7.66. The summed E-state index contributed by atoms with van der Waals surface area (Å²) in [5, 5.41) is 9.27. The molecule has 26 heavy (non-hydrogen) atoms. The zero-order valence-electron chi connectivity index (χ0n) is 14.9. The summed E-state index contributed by atoms with van der Waals surface area (Å²) in [6.07, 6.45) is 4.28. The highest BCUT2D eigenvalue weighted by Crippen LogP contribution is 2.28. The number of pyridine rings is 2. The van der Waals surface area contributed by atoms with Crippen molar-refractivity contribution in [2.24, 2.45) is 0 Å². The van der Waals surface area contributed by atoms with Gasteiger partial charge in [0, 0.05) is 23.5 Å². The first-order chi connectivity index (χ1) is 12.6. The van der Waals surface area contributed by atoms with E-state index in [1.165, 1.54) is 0 Å². The van der Waals surface area contributed by atoms with Gasteiger partial charge in [-0.1, -0.05) is 13.0 Å². The number of ether oxygens (including phenoxy) is 1. The highest BCUT2D eigenvalue weighted by molar-refractivity contribution is 5.68. The molecule has 130 valence electrons. The molecule has 2 aromatic heterocycles. The van der Waals surface area contributed by atoms with Crippen LogP contribution in [0, 0.1) is 18.3 Å². The van der Waals surface area contributed by atoms with E-state index in [1.807, 2.05) is 50.2 Å². The molecule has 0 unspecified atom stereocenters. The van der Waals surface area contributed by atoms with Gasteiger partial charge in [0.1, 0.15) is 18.4 Å². The molecule has 0 atom stereocenters. The average Bonchev–Trinajstić information content (AvgIpc) is 2.68. The van der Waals surface area contributed by atoms with Crippen LogP contribution in [0.3, 0.4) is 0 Å². The van der Waals surface area contributed by atoms with E-state index in [4.69, 9.17) is 10.5 Å². The summed E-state index contributed by atoms with van der Waals surface area (Å²) in [6, 6.07) is 13.8. The molecular formula is C21H20N4O. The van der Waals surface area contributed by atoms with Crippen molar-refractivity contribution in [2.45, 2.75) is 26.9 Å². The second-order valence-corrected chi connectivity index (χ2v) is 6.02. The molecule has 2 N–H and O–H groups in total. The van der Waals surface area contributed by atoms with E-state index in [0.29, 0.717) is 12.3 Å². The molecule has 0 aliphatic heterocycles. The number of rotatable bonds is 5. The smallest absolute Gasteiger partial charge is 0.164 e. The SMILES string of the molecule is CCc1cc(-c2ccc(OCc3cccnc3)c(C)c2)nc(C#N)c1N. The highest BCUT2D eigenvalue weighted by Gasteiger charge is 2.11. The summed E-state index contributed by atoms with van der Waals surface area (Å²) < 4.78 is 5.89. The van der Waals surface area contributed by atoms with Gasteiger partial charge in [0.25, 0.3) is 0 Å². The maximum absolute atomic E-state index is 9.27. The maximum atomic E-state index is 9.27. The number of anilines is 1. The molecule has 0 aliphatic carbocycles. The average molecular weight is 344 g/mol. The Labute approximate surface area is 153 Å². The second-order valence-electron chi connectivity index (χ2n) is 6.02. The fourth-order valence-electron chi connectivity index (χ4n) is 2.75. The summed E-state index contributed by atoms with van der Waals surface area (Å²) in [7, 11) is 0. The third kappa shape index (κ3) is 3.65. The van der Waals surface area contributed by atoms with Crippen LogP contribution in [0.5, 0.6) is 5.75 Å². The van der Waals surface area contributed by atoms with Crippen LogP contribution in [0.4, 0.5) is 5.69 Å². The van der Waals surface area contributed by atoms with Crippen molar-refractivity contribution in [3.05, 3.63) is 71.2 Å². The molecule has 0 saturated heterocycles. The third-order valence-electron chi connectivity index (χ3n) is 4.22. The predicted octanol–water partition coefficient (Wildman–Crippen LogP) is 4.05. The minimum Gasteiger partial charge on any atom is -0.489 e. The van der Waals surface area contributed by atoms with Crippen LogP contribution < -0.4 is 10.5 Å². The van der Waals surface area contributed by atoms with E-state index in [-0.39, 0.29) is 5.69 Å². The lowest BCUT2D eigenvalue weighted by Crippen LogP contribution is -2.02. The Balaban J connectivity index is 1.87. The molecule has 0 bridgehead atoms. The number of nitriles is 1. The van der Waals surface area contributed by atoms with E-state index in [0.717, 1.165) is 40.1 Å². The van der Waals surface area contributed by atoms with Crippen LogP contribution in [0.2, 0.25) is 0 Å². The van der Waals surface area contributed by atoms with Crippen molar-refractivity contribution in [1.29, 1.82) is 5.26 Å². The van der Waals surface area contributed by atoms with Gasteiger partial charge in [-0.3, -0.25) is 4.98 Å². The first kappa shape index (κ1) is 17.4. The van der Waals surface area contributed by atoms with Crippen LogP contribution >= 0.6 is 0 Å². The van der Waals surface area contributed by atoms with Crippen LogP contribution in [0.15, 0.2) is 48.8 Å². The van der Waals surface area contributed by atoms with Crippen LogP contribution in [-0.2, 0) is 13.0 Å². The number of benzene rings is 1. The number of nitrogens with two attached hydrogens (primary N) is 1. The minimum absolute atomic E-state index is 0.272. The molecule has 0 aliphatic rings. The third-order valence-corrected chi connectivity index (χ3v) is 4.22. The number of hydrogen-bond acceptors (Lipinski definition) is 5. The maximum Gasteiger partial charge on any atom is 0.164 e. The molecule has 0 fully saturated rings. The summed E-state index contributed by atoms with van der Waals surface area (Å²) in [4.78, 5) is 8.49. The van der Waals surface area contributed by atoms with Crippen molar-refractivity contribution in [3.8, 4) is 23.1 Å². The van der Waals surface area contributed by atoms with Gasteiger partial charge < -0.3 is 10.5 Å². The molecule has 0 spiro atoms. The predicted molar refractivity (Wildman–Crippen MR) is 101 cm³/mol. The van der Waals surface area contributed by atoms with Crippen molar-refractivity contribution >= 4 is 5.69 Å².